The van der Waals surface area contributed by atoms with Crippen LogP contribution < -0.4 is 24.8 Å². The largest absolute Gasteiger partial charge is 4.00 e. The van der Waals surface area contributed by atoms with Crippen LogP contribution in [0.15, 0.2) is 84.9 Å². The minimum Gasteiger partial charge on any atom is -1.00 e. The van der Waals surface area contributed by atoms with Crippen molar-refractivity contribution < 1.29 is 50.7 Å². The number of benzene rings is 4. The summed E-state index contributed by atoms with van der Waals surface area (Å²) in [5.41, 5.74) is 11.0. The number of hydrogen-bond acceptors (Lipinski definition) is 0. The SMILES string of the molecule is [Cl-].[Cl-].[Hf+4].[c-]1cccc2c1Cc1ccccc1-2.[c-]1cccc2c1Cc1ccccc1-2. The zero-order chi connectivity index (χ0) is 17.3. The summed E-state index contributed by atoms with van der Waals surface area (Å²) in [7, 11) is 0. The van der Waals surface area contributed by atoms with Crippen molar-refractivity contribution in [2.24, 2.45) is 0 Å². The smallest absolute Gasteiger partial charge is 1.00 e. The Hall–Kier alpha value is -1.67. The predicted octanol–water partition coefficient (Wildman–Crippen LogP) is 0.121. The molecule has 0 amide bonds. The fourth-order valence-corrected chi connectivity index (χ4v) is 4.00. The molecule has 29 heavy (non-hydrogen) atoms. The molecular formula is C26H18Cl2Hf. The van der Waals surface area contributed by atoms with Crippen molar-refractivity contribution in [3.63, 3.8) is 0 Å². The predicted molar refractivity (Wildman–Crippen MR) is 107 cm³/mol. The maximum absolute atomic E-state index is 3.30. The van der Waals surface area contributed by atoms with Gasteiger partial charge in [0.15, 0.2) is 0 Å². The quantitative estimate of drug-likeness (QED) is 0.177. The van der Waals surface area contributed by atoms with Crippen LogP contribution in [0.5, 0.6) is 0 Å². The summed E-state index contributed by atoms with van der Waals surface area (Å²) >= 11 is 0. The van der Waals surface area contributed by atoms with Gasteiger partial charge in [0.05, 0.1) is 0 Å². The fraction of sp³-hybridized carbons (Fsp3) is 0.0769. The molecule has 0 bridgehead atoms. The van der Waals surface area contributed by atoms with Gasteiger partial charge in [-0.15, -0.1) is 11.1 Å². The molecule has 6 rings (SSSR count). The van der Waals surface area contributed by atoms with Crippen LogP contribution in [0.1, 0.15) is 22.3 Å². The Balaban J connectivity index is 0.000000187. The molecular weight excluding hydrogens is 562 g/mol. The molecule has 140 valence electrons. The minimum atomic E-state index is 0. The molecule has 0 N–H and O–H groups in total. The molecule has 0 radical (unpaired) electrons. The molecule has 4 aromatic carbocycles. The standard InChI is InChI=1S/2C13H9.2ClH.Hf/c2*1-3-7-12-10(5-1)9-11-6-2-4-8-13(11)12;;;/h2*1-5,7-8H,9H2;2*1H;/q2*-1;;;+4/p-2. The van der Waals surface area contributed by atoms with Crippen molar-refractivity contribution in [2.45, 2.75) is 12.8 Å². The van der Waals surface area contributed by atoms with E-state index in [-0.39, 0.29) is 50.7 Å². The summed E-state index contributed by atoms with van der Waals surface area (Å²) in [5, 5.41) is 0. The monoisotopic (exact) mass is 580 g/mol. The van der Waals surface area contributed by atoms with Crippen LogP contribution in [0, 0.1) is 12.1 Å². The van der Waals surface area contributed by atoms with Gasteiger partial charge in [-0.25, -0.2) is 0 Å². The van der Waals surface area contributed by atoms with Crippen LogP contribution in [-0.2, 0) is 38.7 Å². The average Bonchev–Trinajstić information content (AvgIpc) is 3.27. The summed E-state index contributed by atoms with van der Waals surface area (Å²) in [6, 6.07) is 36.2. The second-order valence-electron chi connectivity index (χ2n) is 6.79. The molecule has 0 saturated carbocycles. The molecule has 0 aromatic heterocycles. The first kappa shape index (κ1) is 23.6. The van der Waals surface area contributed by atoms with Crippen molar-refractivity contribution >= 4 is 0 Å². The molecule has 2 aliphatic carbocycles. The van der Waals surface area contributed by atoms with Gasteiger partial charge in [-0.1, -0.05) is 70.8 Å². The van der Waals surface area contributed by atoms with E-state index in [1.807, 2.05) is 12.1 Å². The van der Waals surface area contributed by atoms with Crippen molar-refractivity contribution in [2.75, 3.05) is 0 Å². The van der Waals surface area contributed by atoms with Gasteiger partial charge in [-0.2, -0.15) is 59.7 Å². The van der Waals surface area contributed by atoms with E-state index in [1.54, 1.807) is 0 Å². The molecule has 3 heteroatoms. The number of hydrogen-bond donors (Lipinski definition) is 0. The third-order valence-corrected chi connectivity index (χ3v) is 5.23. The van der Waals surface area contributed by atoms with Gasteiger partial charge in [-0.3, -0.25) is 0 Å². The van der Waals surface area contributed by atoms with Crippen molar-refractivity contribution in [3.8, 4) is 22.3 Å². The van der Waals surface area contributed by atoms with Gasteiger partial charge < -0.3 is 24.8 Å². The maximum atomic E-state index is 3.30. The molecule has 0 fully saturated rings. The second kappa shape index (κ2) is 10.4. The molecule has 0 aliphatic heterocycles. The van der Waals surface area contributed by atoms with E-state index < -0.39 is 0 Å². The zero-order valence-corrected chi connectivity index (χ0v) is 20.9. The summed E-state index contributed by atoms with van der Waals surface area (Å²) in [5.74, 6) is 0. The van der Waals surface area contributed by atoms with E-state index in [0.29, 0.717) is 0 Å². The average molecular weight is 580 g/mol. The summed E-state index contributed by atoms with van der Waals surface area (Å²) in [4.78, 5) is 0. The molecule has 0 spiro atoms. The number of fused-ring (bicyclic) bond motifs is 6. The molecule has 0 saturated heterocycles. The Kier molecular flexibility index (Phi) is 8.46. The molecule has 0 heterocycles. The third kappa shape index (κ3) is 4.58. The van der Waals surface area contributed by atoms with Crippen molar-refractivity contribution in [1.82, 2.24) is 0 Å². The van der Waals surface area contributed by atoms with E-state index in [9.17, 15) is 0 Å². The normalized spacial score (nSPS) is 11.0. The van der Waals surface area contributed by atoms with Gasteiger partial charge in [-0.05, 0) is 12.8 Å². The summed E-state index contributed by atoms with van der Waals surface area (Å²) in [6.07, 6.45) is 2.10. The Morgan fingerprint density at radius 1 is 0.483 bits per heavy atom. The van der Waals surface area contributed by atoms with Crippen molar-refractivity contribution in [1.29, 1.82) is 0 Å². The van der Waals surface area contributed by atoms with Crippen LogP contribution in [0.4, 0.5) is 0 Å². The topological polar surface area (TPSA) is 0 Å². The van der Waals surface area contributed by atoms with Crippen LogP contribution in [-0.4, -0.2) is 0 Å². The number of rotatable bonds is 0. The van der Waals surface area contributed by atoms with Gasteiger partial charge in [0.25, 0.3) is 0 Å². The molecule has 2 aliphatic rings. The Morgan fingerprint density at radius 2 is 0.862 bits per heavy atom. The van der Waals surface area contributed by atoms with Gasteiger partial charge >= 0.3 is 25.8 Å². The van der Waals surface area contributed by atoms with Gasteiger partial charge in [0, 0.05) is 0 Å². The first-order chi connectivity index (χ1) is 12.9. The summed E-state index contributed by atoms with van der Waals surface area (Å²) in [6.45, 7) is 0. The molecule has 0 atom stereocenters. The van der Waals surface area contributed by atoms with Gasteiger partial charge in [0.1, 0.15) is 0 Å². The Morgan fingerprint density at radius 3 is 1.31 bits per heavy atom. The van der Waals surface area contributed by atoms with E-state index in [4.69, 9.17) is 0 Å². The molecule has 0 unspecified atom stereocenters. The minimum absolute atomic E-state index is 0. The van der Waals surface area contributed by atoms with E-state index in [0.717, 1.165) is 12.8 Å². The van der Waals surface area contributed by atoms with Crippen LogP contribution >= 0.6 is 0 Å². The fourth-order valence-electron chi connectivity index (χ4n) is 4.00. The van der Waals surface area contributed by atoms with Crippen LogP contribution in [0.2, 0.25) is 0 Å². The summed E-state index contributed by atoms with van der Waals surface area (Å²) < 4.78 is 0. The Labute approximate surface area is 204 Å². The first-order valence-electron chi connectivity index (χ1n) is 9.06. The van der Waals surface area contributed by atoms with E-state index in [2.05, 4.69) is 84.9 Å². The van der Waals surface area contributed by atoms with Crippen molar-refractivity contribution in [3.05, 3.63) is 119 Å². The first-order valence-corrected chi connectivity index (χ1v) is 9.06. The van der Waals surface area contributed by atoms with Gasteiger partial charge in [0.2, 0.25) is 0 Å². The maximum Gasteiger partial charge on any atom is 4.00 e. The zero-order valence-electron chi connectivity index (χ0n) is 15.8. The molecule has 0 nitrogen and oxygen atoms in total. The second-order valence-corrected chi connectivity index (χ2v) is 6.79. The van der Waals surface area contributed by atoms with E-state index >= 15 is 0 Å². The molecule has 4 aromatic rings. The third-order valence-electron chi connectivity index (χ3n) is 5.23. The Bertz CT molecular complexity index is 929. The van der Waals surface area contributed by atoms with Crippen LogP contribution in [0.3, 0.4) is 0 Å². The number of halogens is 2. The van der Waals surface area contributed by atoms with Crippen LogP contribution in [0.25, 0.3) is 22.3 Å². The van der Waals surface area contributed by atoms with E-state index in [1.165, 1.54) is 44.5 Å².